The minimum absolute atomic E-state index is 0.192. The molecule has 21 heavy (non-hydrogen) atoms. The monoisotopic (exact) mass is 358 g/mol. The second-order valence-electron chi connectivity index (χ2n) is 5.68. The number of unbranched alkanes of at least 4 members (excludes halogenated alkanes) is 9. The summed E-state index contributed by atoms with van der Waals surface area (Å²) in [6.07, 6.45) is 13.5. The van der Waals surface area contributed by atoms with Crippen molar-refractivity contribution in [1.29, 1.82) is 0 Å². The first kappa shape index (κ1) is 21.3. The van der Waals surface area contributed by atoms with Gasteiger partial charge in [-0.1, -0.05) is 99.5 Å². The Hall–Kier alpha value is 0.340. The molecule has 126 valence electrons. The molecule has 0 heterocycles. The minimum atomic E-state index is -1.97. The third-order valence-corrected chi connectivity index (χ3v) is 3.97. The zero-order valence-corrected chi connectivity index (χ0v) is 15.6. The maximum absolute atomic E-state index is 11.3. The fourth-order valence-corrected chi connectivity index (χ4v) is 2.36. The third kappa shape index (κ3) is 13.7. The molecule has 0 aliphatic carbocycles. The Morgan fingerprint density at radius 2 is 1.33 bits per heavy atom. The quantitative estimate of drug-likeness (QED) is 0.223. The van der Waals surface area contributed by atoms with Gasteiger partial charge in [0.05, 0.1) is 6.10 Å². The maximum Gasteiger partial charge on any atom is 0.358 e. The number of alkyl halides is 3. The molecule has 0 radical (unpaired) electrons. The van der Waals surface area contributed by atoms with E-state index in [2.05, 4.69) is 6.92 Å². The molecule has 0 fully saturated rings. The lowest BCUT2D eigenvalue weighted by Crippen LogP contribution is -2.26. The molecule has 0 amide bonds. The first-order chi connectivity index (χ1) is 9.88. The van der Waals surface area contributed by atoms with Crippen molar-refractivity contribution in [2.75, 3.05) is 0 Å². The lowest BCUT2D eigenvalue weighted by molar-refractivity contribution is -0.147. The van der Waals surface area contributed by atoms with E-state index >= 15 is 0 Å². The molecule has 0 saturated carbocycles. The van der Waals surface area contributed by atoms with Crippen LogP contribution in [0.5, 0.6) is 0 Å². The summed E-state index contributed by atoms with van der Waals surface area (Å²) in [5.74, 6) is -0.785. The van der Waals surface area contributed by atoms with Crippen LogP contribution < -0.4 is 0 Å². The highest BCUT2D eigenvalue weighted by atomic mass is 35.6. The van der Waals surface area contributed by atoms with Crippen LogP contribution in [-0.4, -0.2) is 15.9 Å². The van der Waals surface area contributed by atoms with E-state index < -0.39 is 9.76 Å². The predicted octanol–water partition coefficient (Wildman–Crippen LogP) is 6.60. The van der Waals surface area contributed by atoms with Crippen LogP contribution in [0, 0.1) is 0 Å². The summed E-state index contributed by atoms with van der Waals surface area (Å²) in [6.45, 7) is 4.08. The van der Waals surface area contributed by atoms with E-state index in [4.69, 9.17) is 39.5 Å². The van der Waals surface area contributed by atoms with Crippen LogP contribution in [0.3, 0.4) is 0 Å². The van der Waals surface area contributed by atoms with E-state index in [1.807, 2.05) is 6.92 Å². The van der Waals surface area contributed by atoms with Crippen molar-refractivity contribution in [3.8, 4) is 0 Å². The molecule has 0 aromatic rings. The van der Waals surface area contributed by atoms with E-state index in [1.165, 1.54) is 57.8 Å². The normalized spacial score (nSPS) is 13.2. The highest BCUT2D eigenvalue weighted by molar-refractivity contribution is 6.75. The van der Waals surface area contributed by atoms with Crippen molar-refractivity contribution in [2.45, 2.75) is 94.4 Å². The minimum Gasteiger partial charge on any atom is -0.460 e. The van der Waals surface area contributed by atoms with Gasteiger partial charge in [-0.3, -0.25) is 0 Å². The molecule has 0 aromatic carbocycles. The van der Waals surface area contributed by atoms with Crippen LogP contribution in [0.2, 0.25) is 0 Å². The van der Waals surface area contributed by atoms with Crippen LogP contribution in [-0.2, 0) is 9.53 Å². The SMILES string of the molecule is CCCCCCCCCCCCC(C)OC(=O)C(Cl)(Cl)Cl. The van der Waals surface area contributed by atoms with Crippen LogP contribution in [0.1, 0.15) is 84.5 Å². The zero-order valence-electron chi connectivity index (χ0n) is 13.3. The number of hydrogen-bond acceptors (Lipinski definition) is 2. The molecular weight excluding hydrogens is 331 g/mol. The van der Waals surface area contributed by atoms with Crippen molar-refractivity contribution in [1.82, 2.24) is 0 Å². The van der Waals surface area contributed by atoms with Gasteiger partial charge in [-0.15, -0.1) is 0 Å². The molecule has 0 aliphatic heterocycles. The molecule has 0 bridgehead atoms. The fourth-order valence-electron chi connectivity index (χ4n) is 2.23. The third-order valence-electron chi connectivity index (χ3n) is 3.50. The van der Waals surface area contributed by atoms with E-state index in [-0.39, 0.29) is 6.10 Å². The Morgan fingerprint density at radius 3 is 1.76 bits per heavy atom. The van der Waals surface area contributed by atoms with Gasteiger partial charge in [0.25, 0.3) is 3.79 Å². The second-order valence-corrected chi connectivity index (χ2v) is 7.97. The largest absolute Gasteiger partial charge is 0.460 e. The van der Waals surface area contributed by atoms with Crippen molar-refractivity contribution in [3.63, 3.8) is 0 Å². The number of carbonyl (C=O) groups is 1. The lowest BCUT2D eigenvalue weighted by atomic mass is 10.0. The topological polar surface area (TPSA) is 26.3 Å². The smallest absolute Gasteiger partial charge is 0.358 e. The first-order valence-corrected chi connectivity index (χ1v) is 9.29. The number of carbonyl (C=O) groups excluding carboxylic acids is 1. The highest BCUT2D eigenvalue weighted by Gasteiger charge is 2.33. The lowest BCUT2D eigenvalue weighted by Gasteiger charge is -2.16. The van der Waals surface area contributed by atoms with E-state index in [9.17, 15) is 4.79 Å². The van der Waals surface area contributed by atoms with Gasteiger partial charge in [-0.2, -0.15) is 0 Å². The van der Waals surface area contributed by atoms with E-state index in [1.54, 1.807) is 0 Å². The van der Waals surface area contributed by atoms with Crippen LogP contribution in [0.15, 0.2) is 0 Å². The number of rotatable bonds is 12. The summed E-state index contributed by atoms with van der Waals surface area (Å²) in [6, 6.07) is 0. The zero-order chi connectivity index (χ0) is 16.1. The Morgan fingerprint density at radius 1 is 0.905 bits per heavy atom. The molecule has 0 aliphatic rings. The van der Waals surface area contributed by atoms with Crippen LogP contribution >= 0.6 is 34.8 Å². The molecule has 0 spiro atoms. The van der Waals surface area contributed by atoms with Gasteiger partial charge in [0, 0.05) is 0 Å². The molecule has 1 unspecified atom stereocenters. The highest BCUT2D eigenvalue weighted by Crippen LogP contribution is 2.28. The Labute approximate surface area is 144 Å². The maximum atomic E-state index is 11.3. The van der Waals surface area contributed by atoms with Gasteiger partial charge in [0.15, 0.2) is 0 Å². The summed E-state index contributed by atoms with van der Waals surface area (Å²) in [4.78, 5) is 11.3. The van der Waals surface area contributed by atoms with Gasteiger partial charge >= 0.3 is 5.97 Å². The Balaban J connectivity index is 3.37. The molecule has 0 rings (SSSR count). The number of esters is 1. The summed E-state index contributed by atoms with van der Waals surface area (Å²) < 4.78 is 3.10. The number of halogens is 3. The predicted molar refractivity (Wildman–Crippen MR) is 92.3 cm³/mol. The van der Waals surface area contributed by atoms with Crippen molar-refractivity contribution < 1.29 is 9.53 Å². The second kappa shape index (κ2) is 12.8. The van der Waals surface area contributed by atoms with Crippen molar-refractivity contribution >= 4 is 40.8 Å². The molecule has 1 atom stereocenters. The Kier molecular flexibility index (Phi) is 13.0. The number of hydrogen-bond donors (Lipinski definition) is 0. The average Bonchev–Trinajstić information content (AvgIpc) is 2.39. The van der Waals surface area contributed by atoms with Gasteiger partial charge in [-0.25, -0.2) is 4.79 Å². The molecule has 0 N–H and O–H groups in total. The number of ether oxygens (including phenoxy) is 1. The molecule has 0 saturated heterocycles. The summed E-state index contributed by atoms with van der Waals surface area (Å²) in [5, 5.41) is 0. The van der Waals surface area contributed by atoms with Gasteiger partial charge in [0.1, 0.15) is 0 Å². The van der Waals surface area contributed by atoms with E-state index in [0.717, 1.165) is 12.8 Å². The van der Waals surface area contributed by atoms with Gasteiger partial charge in [-0.05, 0) is 19.8 Å². The molecule has 5 heteroatoms. The molecule has 0 aromatic heterocycles. The van der Waals surface area contributed by atoms with Gasteiger partial charge in [0.2, 0.25) is 0 Å². The first-order valence-electron chi connectivity index (χ1n) is 8.15. The molecule has 2 nitrogen and oxygen atoms in total. The fraction of sp³-hybridized carbons (Fsp3) is 0.938. The average molecular weight is 360 g/mol. The van der Waals surface area contributed by atoms with Gasteiger partial charge < -0.3 is 4.74 Å². The van der Waals surface area contributed by atoms with E-state index in [0.29, 0.717) is 0 Å². The molecular formula is C16H29Cl3O2. The van der Waals surface area contributed by atoms with Crippen molar-refractivity contribution in [3.05, 3.63) is 0 Å². The summed E-state index contributed by atoms with van der Waals surface area (Å²) >= 11 is 16.3. The van der Waals surface area contributed by atoms with Crippen molar-refractivity contribution in [2.24, 2.45) is 0 Å². The van der Waals surface area contributed by atoms with Crippen LogP contribution in [0.25, 0.3) is 0 Å². The summed E-state index contributed by atoms with van der Waals surface area (Å²) in [5.41, 5.74) is 0. The van der Waals surface area contributed by atoms with Crippen LogP contribution in [0.4, 0.5) is 0 Å². The Bertz CT molecular complexity index is 265. The summed E-state index contributed by atoms with van der Waals surface area (Å²) in [7, 11) is 0. The standard InChI is InChI=1S/C16H29Cl3O2/c1-3-4-5-6-7-8-9-10-11-12-13-14(2)21-15(20)16(17,18)19/h14H,3-13H2,1-2H3.